The highest BCUT2D eigenvalue weighted by atomic mass is 19.1. The molecule has 1 unspecified atom stereocenters. The standard InChI is InChI=1S/C15H22FN3O/c16-12-6-5-11(14(9-12)15(17)18)10-19-7-1-3-13(19)4-2-8-20/h5-6,9,13,20H,1-4,7-8,10H2,(H3,17,18). The van der Waals surface area contributed by atoms with Crippen molar-refractivity contribution in [3.63, 3.8) is 0 Å². The van der Waals surface area contributed by atoms with Crippen molar-refractivity contribution in [3.05, 3.63) is 35.1 Å². The van der Waals surface area contributed by atoms with Gasteiger partial charge in [-0.2, -0.15) is 0 Å². The Kier molecular flexibility index (Phi) is 5.09. The number of halogens is 1. The molecule has 0 amide bonds. The van der Waals surface area contributed by atoms with Gasteiger partial charge in [0, 0.05) is 24.8 Å². The predicted molar refractivity (Wildman–Crippen MR) is 77.2 cm³/mol. The Morgan fingerprint density at radius 1 is 1.50 bits per heavy atom. The lowest BCUT2D eigenvalue weighted by Gasteiger charge is -2.25. The van der Waals surface area contributed by atoms with Crippen molar-refractivity contribution in [3.8, 4) is 0 Å². The van der Waals surface area contributed by atoms with Crippen LogP contribution in [0.25, 0.3) is 0 Å². The summed E-state index contributed by atoms with van der Waals surface area (Å²) in [6, 6.07) is 4.93. The molecule has 1 atom stereocenters. The molecule has 2 rings (SSSR count). The first-order valence-electron chi connectivity index (χ1n) is 7.09. The number of aliphatic hydroxyl groups excluding tert-OH is 1. The second-order valence-corrected chi connectivity index (χ2v) is 5.35. The van der Waals surface area contributed by atoms with Gasteiger partial charge in [0.25, 0.3) is 0 Å². The first-order valence-corrected chi connectivity index (χ1v) is 7.09. The normalized spacial score (nSPS) is 19.4. The lowest BCUT2D eigenvalue weighted by Crippen LogP contribution is -2.30. The summed E-state index contributed by atoms with van der Waals surface area (Å²) in [5.74, 6) is -0.456. The molecule has 0 bridgehead atoms. The Hall–Kier alpha value is -1.46. The van der Waals surface area contributed by atoms with Gasteiger partial charge in [-0.1, -0.05) is 6.07 Å². The summed E-state index contributed by atoms with van der Waals surface area (Å²) in [5, 5.41) is 16.5. The molecule has 1 fully saturated rings. The van der Waals surface area contributed by atoms with Crippen LogP contribution < -0.4 is 5.73 Å². The van der Waals surface area contributed by atoms with E-state index in [-0.39, 0.29) is 18.3 Å². The van der Waals surface area contributed by atoms with Crippen molar-refractivity contribution >= 4 is 5.84 Å². The van der Waals surface area contributed by atoms with Crippen LogP contribution in [0.15, 0.2) is 18.2 Å². The molecule has 1 aromatic rings. The molecule has 0 spiro atoms. The van der Waals surface area contributed by atoms with Crippen LogP contribution in [0.5, 0.6) is 0 Å². The van der Waals surface area contributed by atoms with Gasteiger partial charge in [-0.3, -0.25) is 10.3 Å². The molecular weight excluding hydrogens is 257 g/mol. The minimum Gasteiger partial charge on any atom is -0.396 e. The maximum absolute atomic E-state index is 13.3. The highest BCUT2D eigenvalue weighted by Gasteiger charge is 2.24. The van der Waals surface area contributed by atoms with E-state index in [0.29, 0.717) is 18.2 Å². The molecule has 4 N–H and O–H groups in total. The zero-order chi connectivity index (χ0) is 14.5. The molecule has 20 heavy (non-hydrogen) atoms. The molecule has 1 saturated heterocycles. The molecule has 0 radical (unpaired) electrons. The summed E-state index contributed by atoms with van der Waals surface area (Å²) >= 11 is 0. The smallest absolute Gasteiger partial charge is 0.123 e. The molecule has 0 saturated carbocycles. The lowest BCUT2D eigenvalue weighted by atomic mass is 10.0. The van der Waals surface area contributed by atoms with E-state index in [1.807, 2.05) is 0 Å². The number of amidine groups is 1. The first kappa shape index (κ1) is 14.9. The fourth-order valence-corrected chi connectivity index (χ4v) is 2.91. The molecule has 1 aromatic carbocycles. The molecule has 4 nitrogen and oxygen atoms in total. The summed E-state index contributed by atoms with van der Waals surface area (Å²) in [6.45, 7) is 1.91. The molecule has 110 valence electrons. The number of nitrogen functional groups attached to an aromatic ring is 1. The second-order valence-electron chi connectivity index (χ2n) is 5.35. The number of benzene rings is 1. The fraction of sp³-hybridized carbons (Fsp3) is 0.533. The van der Waals surface area contributed by atoms with Gasteiger partial charge in [0.05, 0.1) is 0 Å². The maximum atomic E-state index is 13.3. The first-order chi connectivity index (χ1) is 9.61. The number of likely N-dealkylation sites (tertiary alicyclic amines) is 1. The Labute approximate surface area is 118 Å². The maximum Gasteiger partial charge on any atom is 0.123 e. The molecule has 0 aromatic heterocycles. The molecule has 1 aliphatic rings. The quantitative estimate of drug-likeness (QED) is 0.549. The Morgan fingerprint density at radius 3 is 3.00 bits per heavy atom. The van der Waals surface area contributed by atoms with Gasteiger partial charge < -0.3 is 10.8 Å². The van der Waals surface area contributed by atoms with E-state index in [9.17, 15) is 4.39 Å². The van der Waals surface area contributed by atoms with Gasteiger partial charge in [0.2, 0.25) is 0 Å². The van der Waals surface area contributed by atoms with E-state index < -0.39 is 0 Å². The summed E-state index contributed by atoms with van der Waals surface area (Å²) in [4.78, 5) is 2.34. The van der Waals surface area contributed by atoms with E-state index in [0.717, 1.165) is 37.8 Å². The number of nitrogens with one attached hydrogen (secondary N) is 1. The number of rotatable bonds is 6. The number of hydrogen-bond donors (Lipinski definition) is 3. The zero-order valence-corrected chi connectivity index (χ0v) is 11.6. The van der Waals surface area contributed by atoms with Gasteiger partial charge in [0.1, 0.15) is 11.7 Å². The third-order valence-electron chi connectivity index (χ3n) is 3.93. The Bertz CT molecular complexity index is 478. The van der Waals surface area contributed by atoms with Gasteiger partial charge in [0.15, 0.2) is 0 Å². The van der Waals surface area contributed by atoms with Crippen molar-refractivity contribution in [2.75, 3.05) is 13.2 Å². The number of nitrogens with zero attached hydrogens (tertiary/aromatic N) is 1. The van der Waals surface area contributed by atoms with Crippen molar-refractivity contribution in [1.29, 1.82) is 5.41 Å². The molecule has 1 heterocycles. The van der Waals surface area contributed by atoms with Crippen LogP contribution in [0, 0.1) is 11.2 Å². The fourth-order valence-electron chi connectivity index (χ4n) is 2.91. The van der Waals surface area contributed by atoms with Crippen molar-refractivity contribution < 1.29 is 9.50 Å². The van der Waals surface area contributed by atoms with Crippen LogP contribution >= 0.6 is 0 Å². The van der Waals surface area contributed by atoms with Crippen LogP contribution in [0.4, 0.5) is 4.39 Å². The van der Waals surface area contributed by atoms with Crippen LogP contribution in [0.3, 0.4) is 0 Å². The largest absolute Gasteiger partial charge is 0.396 e. The second kappa shape index (κ2) is 6.81. The summed E-state index contributed by atoms with van der Waals surface area (Å²) in [6.07, 6.45) is 4.07. The average molecular weight is 279 g/mol. The van der Waals surface area contributed by atoms with Crippen molar-refractivity contribution in [1.82, 2.24) is 4.90 Å². The Balaban J connectivity index is 2.11. The number of nitrogens with two attached hydrogens (primary N) is 1. The van der Waals surface area contributed by atoms with E-state index in [1.165, 1.54) is 12.1 Å². The minimum atomic E-state index is -0.364. The van der Waals surface area contributed by atoms with E-state index in [4.69, 9.17) is 16.2 Å². The summed E-state index contributed by atoms with van der Waals surface area (Å²) in [7, 11) is 0. The van der Waals surface area contributed by atoms with Crippen LogP contribution in [-0.4, -0.2) is 35.0 Å². The topological polar surface area (TPSA) is 73.3 Å². The predicted octanol–water partition coefficient (Wildman–Crippen LogP) is 1.85. The Morgan fingerprint density at radius 2 is 2.30 bits per heavy atom. The van der Waals surface area contributed by atoms with Gasteiger partial charge in [-0.15, -0.1) is 0 Å². The van der Waals surface area contributed by atoms with Gasteiger partial charge >= 0.3 is 0 Å². The molecule has 1 aliphatic heterocycles. The number of hydrogen-bond acceptors (Lipinski definition) is 3. The SMILES string of the molecule is N=C(N)c1cc(F)ccc1CN1CCCC1CCCO. The van der Waals surface area contributed by atoms with E-state index >= 15 is 0 Å². The summed E-state index contributed by atoms with van der Waals surface area (Å²) < 4.78 is 13.3. The highest BCUT2D eigenvalue weighted by molar-refractivity contribution is 5.96. The van der Waals surface area contributed by atoms with Gasteiger partial charge in [-0.05, 0) is 49.9 Å². The van der Waals surface area contributed by atoms with Gasteiger partial charge in [-0.25, -0.2) is 4.39 Å². The molecule has 5 heteroatoms. The lowest BCUT2D eigenvalue weighted by molar-refractivity contribution is 0.210. The average Bonchev–Trinajstić information content (AvgIpc) is 2.85. The van der Waals surface area contributed by atoms with Crippen LogP contribution in [0.1, 0.15) is 36.8 Å². The molecule has 0 aliphatic carbocycles. The van der Waals surface area contributed by atoms with Crippen LogP contribution in [0.2, 0.25) is 0 Å². The highest BCUT2D eigenvalue weighted by Crippen LogP contribution is 2.24. The summed E-state index contributed by atoms with van der Waals surface area (Å²) in [5.41, 5.74) is 6.92. The minimum absolute atomic E-state index is 0.0920. The van der Waals surface area contributed by atoms with Crippen molar-refractivity contribution in [2.24, 2.45) is 5.73 Å². The molecular formula is C15H22FN3O. The third kappa shape index (κ3) is 3.55. The van der Waals surface area contributed by atoms with Crippen molar-refractivity contribution in [2.45, 2.75) is 38.3 Å². The van der Waals surface area contributed by atoms with E-state index in [2.05, 4.69) is 4.90 Å². The number of aliphatic hydroxyl groups is 1. The monoisotopic (exact) mass is 279 g/mol. The van der Waals surface area contributed by atoms with Crippen LogP contribution in [-0.2, 0) is 6.54 Å². The van der Waals surface area contributed by atoms with E-state index in [1.54, 1.807) is 6.07 Å². The third-order valence-corrected chi connectivity index (χ3v) is 3.93. The zero-order valence-electron chi connectivity index (χ0n) is 11.6.